The zero-order valence-corrected chi connectivity index (χ0v) is 13.8. The lowest BCUT2D eigenvalue weighted by atomic mass is 10.2. The van der Waals surface area contributed by atoms with Crippen molar-refractivity contribution in [3.05, 3.63) is 23.8 Å². The Bertz CT molecular complexity index is 720. The molecule has 0 bridgehead atoms. The van der Waals surface area contributed by atoms with Crippen molar-refractivity contribution in [3.63, 3.8) is 0 Å². The summed E-state index contributed by atoms with van der Waals surface area (Å²) in [5.74, 6) is -0.770. The predicted molar refractivity (Wildman–Crippen MR) is 84.2 cm³/mol. The second-order valence-electron chi connectivity index (χ2n) is 5.04. The van der Waals surface area contributed by atoms with Crippen LogP contribution in [0.5, 0.6) is 11.5 Å². The molecule has 23 heavy (non-hydrogen) atoms. The fourth-order valence-corrected chi connectivity index (χ4v) is 4.19. The van der Waals surface area contributed by atoms with Crippen molar-refractivity contribution < 1.29 is 27.8 Å². The van der Waals surface area contributed by atoms with Crippen LogP contribution in [0.15, 0.2) is 23.1 Å². The number of carbonyl (C=O) groups is 1. The average Bonchev–Trinajstić information content (AvgIpc) is 3.06. The Labute approximate surface area is 135 Å². The topological polar surface area (TPSA) is 93.1 Å². The highest BCUT2D eigenvalue weighted by molar-refractivity contribution is 7.89. The van der Waals surface area contributed by atoms with Gasteiger partial charge in [-0.05, 0) is 36.6 Å². The van der Waals surface area contributed by atoms with Crippen molar-refractivity contribution in [1.82, 2.24) is 4.31 Å². The number of benzene rings is 1. The quantitative estimate of drug-likeness (QED) is 0.790. The lowest BCUT2D eigenvalue weighted by Crippen LogP contribution is -2.28. The van der Waals surface area contributed by atoms with Gasteiger partial charge in [0.25, 0.3) is 0 Å². The van der Waals surface area contributed by atoms with E-state index in [-0.39, 0.29) is 16.4 Å². The van der Waals surface area contributed by atoms with Gasteiger partial charge in [-0.2, -0.15) is 4.31 Å². The minimum atomic E-state index is -3.73. The number of sulfonamides is 1. The van der Waals surface area contributed by atoms with Crippen molar-refractivity contribution >= 4 is 22.1 Å². The lowest BCUT2D eigenvalue weighted by molar-refractivity contribution is -0.131. The molecule has 0 unspecified atom stereocenters. The maximum atomic E-state index is 12.8. The molecule has 0 saturated carbocycles. The standard InChI is InChI=1S/C15H19NO6S/c1-21-12-9-11(5-6-14(17)18)10-13(15(12)22-2)23(19,20)16-7-3-4-8-16/h5-6,9-10H,3-4,7-8H2,1-2H3,(H,17,18). The van der Waals surface area contributed by atoms with Crippen molar-refractivity contribution in [1.29, 1.82) is 0 Å². The molecular weight excluding hydrogens is 322 g/mol. The molecule has 1 N–H and O–H groups in total. The molecule has 0 radical (unpaired) electrons. The summed E-state index contributed by atoms with van der Waals surface area (Å²) in [6.07, 6.45) is 3.88. The molecule has 1 fully saturated rings. The highest BCUT2D eigenvalue weighted by Gasteiger charge is 2.31. The van der Waals surface area contributed by atoms with Crippen LogP contribution in [-0.4, -0.2) is 51.1 Å². The van der Waals surface area contributed by atoms with E-state index in [4.69, 9.17) is 14.6 Å². The summed E-state index contributed by atoms with van der Waals surface area (Å²) in [4.78, 5) is 10.6. The summed E-state index contributed by atoms with van der Waals surface area (Å²) in [7, 11) is -0.962. The average molecular weight is 341 g/mol. The maximum Gasteiger partial charge on any atom is 0.328 e. The van der Waals surface area contributed by atoms with E-state index >= 15 is 0 Å². The molecule has 126 valence electrons. The first-order valence-electron chi connectivity index (χ1n) is 7.07. The van der Waals surface area contributed by atoms with Gasteiger partial charge in [-0.1, -0.05) is 0 Å². The van der Waals surface area contributed by atoms with Gasteiger partial charge in [0.15, 0.2) is 11.5 Å². The number of methoxy groups -OCH3 is 2. The second-order valence-corrected chi connectivity index (χ2v) is 6.94. The van der Waals surface area contributed by atoms with E-state index in [1.54, 1.807) is 0 Å². The van der Waals surface area contributed by atoms with E-state index in [2.05, 4.69) is 0 Å². The monoisotopic (exact) mass is 341 g/mol. The molecular formula is C15H19NO6S. The Balaban J connectivity index is 2.59. The number of ether oxygens (including phenoxy) is 2. The molecule has 0 atom stereocenters. The van der Waals surface area contributed by atoms with E-state index in [1.807, 2.05) is 0 Å². The molecule has 1 aromatic rings. The van der Waals surface area contributed by atoms with Crippen LogP contribution >= 0.6 is 0 Å². The first kappa shape index (κ1) is 17.3. The Morgan fingerprint density at radius 2 is 1.87 bits per heavy atom. The van der Waals surface area contributed by atoms with Gasteiger partial charge < -0.3 is 14.6 Å². The van der Waals surface area contributed by atoms with Gasteiger partial charge in [0.05, 0.1) is 14.2 Å². The van der Waals surface area contributed by atoms with E-state index in [0.29, 0.717) is 18.7 Å². The third kappa shape index (κ3) is 3.65. The number of carboxylic acid groups (broad SMARTS) is 1. The van der Waals surface area contributed by atoms with Gasteiger partial charge in [-0.15, -0.1) is 0 Å². The van der Waals surface area contributed by atoms with Crippen LogP contribution in [0.3, 0.4) is 0 Å². The molecule has 2 rings (SSSR count). The summed E-state index contributed by atoms with van der Waals surface area (Å²) >= 11 is 0. The van der Waals surface area contributed by atoms with Crippen LogP contribution < -0.4 is 9.47 Å². The molecule has 1 saturated heterocycles. The van der Waals surface area contributed by atoms with Crippen LogP contribution in [0.25, 0.3) is 6.08 Å². The summed E-state index contributed by atoms with van der Waals surface area (Å²) in [5, 5.41) is 8.73. The fourth-order valence-electron chi connectivity index (χ4n) is 2.47. The molecule has 1 heterocycles. The maximum absolute atomic E-state index is 12.8. The van der Waals surface area contributed by atoms with E-state index in [9.17, 15) is 13.2 Å². The van der Waals surface area contributed by atoms with E-state index in [0.717, 1.165) is 18.9 Å². The first-order valence-corrected chi connectivity index (χ1v) is 8.51. The van der Waals surface area contributed by atoms with Crippen LogP contribution in [0.1, 0.15) is 18.4 Å². The highest BCUT2D eigenvalue weighted by Crippen LogP contribution is 2.38. The summed E-state index contributed by atoms with van der Waals surface area (Å²) in [6.45, 7) is 0.923. The SMILES string of the molecule is COc1cc(C=CC(=O)O)cc(S(=O)(=O)N2CCCC2)c1OC. The molecule has 0 spiro atoms. The number of rotatable bonds is 6. The molecule has 1 aliphatic heterocycles. The van der Waals surface area contributed by atoms with Gasteiger partial charge in [0, 0.05) is 19.2 Å². The second kappa shape index (κ2) is 7.01. The molecule has 0 aromatic heterocycles. The van der Waals surface area contributed by atoms with Gasteiger partial charge in [0.1, 0.15) is 4.90 Å². The van der Waals surface area contributed by atoms with Crippen molar-refractivity contribution in [3.8, 4) is 11.5 Å². The zero-order valence-electron chi connectivity index (χ0n) is 13.0. The Hall–Kier alpha value is -2.06. The largest absolute Gasteiger partial charge is 0.493 e. The van der Waals surface area contributed by atoms with Crippen LogP contribution in [0.4, 0.5) is 0 Å². The summed E-state index contributed by atoms with van der Waals surface area (Å²) in [5.41, 5.74) is 0.405. The van der Waals surface area contributed by atoms with Crippen molar-refractivity contribution in [2.24, 2.45) is 0 Å². The van der Waals surface area contributed by atoms with Crippen LogP contribution in [0.2, 0.25) is 0 Å². The van der Waals surface area contributed by atoms with E-state index < -0.39 is 16.0 Å². The zero-order chi connectivity index (χ0) is 17.0. The Morgan fingerprint density at radius 1 is 1.22 bits per heavy atom. The third-order valence-corrected chi connectivity index (χ3v) is 5.47. The summed E-state index contributed by atoms with van der Waals surface area (Å²) in [6, 6.07) is 2.93. The molecule has 7 nitrogen and oxygen atoms in total. The number of hydrogen-bond acceptors (Lipinski definition) is 5. The van der Waals surface area contributed by atoms with E-state index in [1.165, 1.54) is 36.7 Å². The first-order chi connectivity index (χ1) is 10.9. The Kier molecular flexibility index (Phi) is 5.27. The molecule has 8 heteroatoms. The molecule has 1 aliphatic rings. The smallest absolute Gasteiger partial charge is 0.328 e. The summed E-state index contributed by atoms with van der Waals surface area (Å²) < 4.78 is 37.5. The molecule has 0 amide bonds. The Morgan fingerprint density at radius 3 is 2.39 bits per heavy atom. The molecule has 0 aliphatic carbocycles. The number of hydrogen-bond donors (Lipinski definition) is 1. The van der Waals surface area contributed by atoms with Gasteiger partial charge >= 0.3 is 5.97 Å². The minimum absolute atomic E-state index is 0.0220. The van der Waals surface area contributed by atoms with Crippen LogP contribution in [-0.2, 0) is 14.8 Å². The molecule has 1 aromatic carbocycles. The van der Waals surface area contributed by atoms with Gasteiger partial charge in [0.2, 0.25) is 10.0 Å². The van der Waals surface area contributed by atoms with Gasteiger partial charge in [-0.3, -0.25) is 0 Å². The predicted octanol–water partition coefficient (Wildman–Crippen LogP) is 1.59. The fraction of sp³-hybridized carbons (Fsp3) is 0.400. The number of nitrogens with zero attached hydrogens (tertiary/aromatic N) is 1. The highest BCUT2D eigenvalue weighted by atomic mass is 32.2. The number of carboxylic acids is 1. The number of aliphatic carboxylic acids is 1. The van der Waals surface area contributed by atoms with Crippen molar-refractivity contribution in [2.45, 2.75) is 17.7 Å². The lowest BCUT2D eigenvalue weighted by Gasteiger charge is -2.19. The normalized spacial score (nSPS) is 15.9. The van der Waals surface area contributed by atoms with Crippen molar-refractivity contribution in [2.75, 3.05) is 27.3 Å². The third-order valence-electron chi connectivity index (χ3n) is 3.57. The minimum Gasteiger partial charge on any atom is -0.493 e. The van der Waals surface area contributed by atoms with Crippen LogP contribution in [0, 0.1) is 0 Å². The van der Waals surface area contributed by atoms with Gasteiger partial charge in [-0.25, -0.2) is 13.2 Å².